The number of piperidine rings is 1. The number of anilines is 1. The van der Waals surface area contributed by atoms with E-state index in [1.54, 1.807) is 16.9 Å². The molecule has 1 aliphatic heterocycles. The summed E-state index contributed by atoms with van der Waals surface area (Å²) >= 11 is 0. The molecule has 4 N–H and O–H groups in total. The Kier molecular flexibility index (Phi) is 7.17. The lowest BCUT2D eigenvalue weighted by Gasteiger charge is -2.22. The molecule has 1 aromatic carbocycles. The van der Waals surface area contributed by atoms with Crippen LogP contribution in [0, 0.1) is 5.92 Å². The SMILES string of the molecule is Cl.NC(=O)c1ccn(-c2ccccc2NC(=O)CCC2CCNCC2)n1. The van der Waals surface area contributed by atoms with Crippen LogP contribution in [0.3, 0.4) is 0 Å². The predicted octanol–water partition coefficient (Wildman–Crippen LogP) is 2.11. The number of carbonyl (C=O) groups excluding carboxylic acids is 2. The van der Waals surface area contributed by atoms with Crippen molar-refractivity contribution in [3.05, 3.63) is 42.2 Å². The molecule has 3 rings (SSSR count). The highest BCUT2D eigenvalue weighted by Gasteiger charge is 2.16. The summed E-state index contributed by atoms with van der Waals surface area (Å²) in [7, 11) is 0. The number of hydrogen-bond acceptors (Lipinski definition) is 4. The maximum Gasteiger partial charge on any atom is 0.269 e. The third kappa shape index (κ3) is 5.06. The molecule has 1 aromatic heterocycles. The molecule has 0 aliphatic carbocycles. The van der Waals surface area contributed by atoms with Crippen LogP contribution in [0.25, 0.3) is 5.69 Å². The summed E-state index contributed by atoms with van der Waals surface area (Å²) < 4.78 is 1.54. The number of nitrogens with one attached hydrogen (secondary N) is 2. The Labute approximate surface area is 158 Å². The molecule has 2 amide bonds. The molecular formula is C18H24ClN5O2. The normalized spacial score (nSPS) is 14.5. The summed E-state index contributed by atoms with van der Waals surface area (Å²) in [6.45, 7) is 2.08. The fourth-order valence-corrected chi connectivity index (χ4v) is 3.09. The minimum atomic E-state index is -0.581. The zero-order chi connectivity index (χ0) is 17.6. The average molecular weight is 378 g/mol. The number of nitrogens with two attached hydrogens (primary N) is 1. The zero-order valence-electron chi connectivity index (χ0n) is 14.5. The lowest BCUT2D eigenvalue weighted by molar-refractivity contribution is -0.116. The molecule has 2 aromatic rings. The van der Waals surface area contributed by atoms with E-state index in [1.807, 2.05) is 24.3 Å². The highest BCUT2D eigenvalue weighted by atomic mass is 35.5. The zero-order valence-corrected chi connectivity index (χ0v) is 15.3. The minimum Gasteiger partial charge on any atom is -0.364 e. The molecule has 1 saturated heterocycles. The van der Waals surface area contributed by atoms with E-state index in [-0.39, 0.29) is 24.0 Å². The van der Waals surface area contributed by atoms with E-state index in [1.165, 1.54) is 0 Å². The number of primary amides is 1. The molecule has 1 fully saturated rings. The van der Waals surface area contributed by atoms with Gasteiger partial charge in [0.05, 0.1) is 11.4 Å². The molecule has 1 aliphatic rings. The monoisotopic (exact) mass is 377 g/mol. The number of amides is 2. The van der Waals surface area contributed by atoms with Crippen LogP contribution in [0.15, 0.2) is 36.5 Å². The van der Waals surface area contributed by atoms with Crippen molar-refractivity contribution in [3.63, 3.8) is 0 Å². The number of halogens is 1. The smallest absolute Gasteiger partial charge is 0.269 e. The first-order valence-corrected chi connectivity index (χ1v) is 8.59. The standard InChI is InChI=1S/C18H23N5O2.ClH/c19-18(25)15-9-12-23(22-15)16-4-2-1-3-14(16)21-17(24)6-5-13-7-10-20-11-8-13;/h1-4,9,12-13,20H,5-8,10-11H2,(H2,19,25)(H,21,24);1H. The maximum absolute atomic E-state index is 12.3. The topological polar surface area (TPSA) is 102 Å². The van der Waals surface area contributed by atoms with Gasteiger partial charge in [0.1, 0.15) is 5.69 Å². The molecule has 0 radical (unpaired) electrons. The van der Waals surface area contributed by atoms with Crippen molar-refractivity contribution in [1.29, 1.82) is 0 Å². The maximum atomic E-state index is 12.3. The lowest BCUT2D eigenvalue weighted by atomic mass is 9.93. The Morgan fingerprint density at radius 2 is 1.96 bits per heavy atom. The van der Waals surface area contributed by atoms with Gasteiger partial charge in [0.15, 0.2) is 0 Å². The summed E-state index contributed by atoms with van der Waals surface area (Å²) in [5.74, 6) is 0.0296. The summed E-state index contributed by atoms with van der Waals surface area (Å²) in [5.41, 5.74) is 6.80. The Balaban J connectivity index is 0.00000243. The van der Waals surface area contributed by atoms with E-state index in [2.05, 4.69) is 15.7 Å². The second-order valence-electron chi connectivity index (χ2n) is 6.31. The second-order valence-corrected chi connectivity index (χ2v) is 6.31. The first-order valence-electron chi connectivity index (χ1n) is 8.59. The van der Waals surface area contributed by atoms with E-state index >= 15 is 0 Å². The van der Waals surface area contributed by atoms with Crippen LogP contribution in [0.2, 0.25) is 0 Å². The van der Waals surface area contributed by atoms with Gasteiger partial charge in [-0.3, -0.25) is 9.59 Å². The highest BCUT2D eigenvalue weighted by Crippen LogP contribution is 2.22. The quantitative estimate of drug-likeness (QED) is 0.717. The molecule has 0 saturated carbocycles. The van der Waals surface area contributed by atoms with Crippen molar-refractivity contribution in [1.82, 2.24) is 15.1 Å². The molecule has 140 valence electrons. The average Bonchev–Trinajstić information content (AvgIpc) is 3.12. The van der Waals surface area contributed by atoms with E-state index in [4.69, 9.17) is 5.73 Å². The molecule has 0 spiro atoms. The van der Waals surface area contributed by atoms with Gasteiger partial charge in [0, 0.05) is 12.6 Å². The number of aromatic nitrogens is 2. The third-order valence-electron chi connectivity index (χ3n) is 4.50. The summed E-state index contributed by atoms with van der Waals surface area (Å²) in [6.07, 6.45) is 5.33. The predicted molar refractivity (Wildman–Crippen MR) is 103 cm³/mol. The molecule has 26 heavy (non-hydrogen) atoms. The van der Waals surface area contributed by atoms with Gasteiger partial charge in [-0.1, -0.05) is 12.1 Å². The van der Waals surface area contributed by atoms with Gasteiger partial charge < -0.3 is 16.4 Å². The molecule has 8 heteroatoms. The number of benzene rings is 1. The van der Waals surface area contributed by atoms with Gasteiger partial charge in [0.2, 0.25) is 5.91 Å². The third-order valence-corrected chi connectivity index (χ3v) is 4.50. The Hall–Kier alpha value is -2.38. The van der Waals surface area contributed by atoms with Crippen LogP contribution >= 0.6 is 12.4 Å². The van der Waals surface area contributed by atoms with Crippen molar-refractivity contribution in [2.45, 2.75) is 25.7 Å². The van der Waals surface area contributed by atoms with Crippen molar-refractivity contribution >= 4 is 29.9 Å². The number of nitrogens with zero attached hydrogens (tertiary/aromatic N) is 2. The van der Waals surface area contributed by atoms with E-state index < -0.39 is 5.91 Å². The highest BCUT2D eigenvalue weighted by molar-refractivity contribution is 5.93. The van der Waals surface area contributed by atoms with Crippen LogP contribution < -0.4 is 16.4 Å². The molecule has 2 heterocycles. The van der Waals surface area contributed by atoms with Crippen LogP contribution in [0.5, 0.6) is 0 Å². The molecular weight excluding hydrogens is 354 g/mol. The molecule has 0 unspecified atom stereocenters. The summed E-state index contributed by atoms with van der Waals surface area (Å²) in [6, 6.07) is 8.91. The fourth-order valence-electron chi connectivity index (χ4n) is 3.09. The first kappa shape index (κ1) is 19.9. The van der Waals surface area contributed by atoms with Crippen molar-refractivity contribution in [2.24, 2.45) is 11.7 Å². The molecule has 0 atom stereocenters. The largest absolute Gasteiger partial charge is 0.364 e. The second kappa shape index (κ2) is 9.35. The Bertz CT molecular complexity index is 756. The number of hydrogen-bond donors (Lipinski definition) is 3. The number of para-hydroxylation sites is 2. The van der Waals surface area contributed by atoms with Crippen LogP contribution in [0.4, 0.5) is 5.69 Å². The Morgan fingerprint density at radius 1 is 1.23 bits per heavy atom. The van der Waals surface area contributed by atoms with Gasteiger partial charge in [-0.2, -0.15) is 5.10 Å². The van der Waals surface area contributed by atoms with E-state index in [0.29, 0.717) is 23.7 Å². The number of carbonyl (C=O) groups is 2. The fraction of sp³-hybridized carbons (Fsp3) is 0.389. The van der Waals surface area contributed by atoms with Gasteiger partial charge in [0.25, 0.3) is 5.91 Å². The first-order chi connectivity index (χ1) is 12.1. The van der Waals surface area contributed by atoms with E-state index in [0.717, 1.165) is 32.4 Å². The summed E-state index contributed by atoms with van der Waals surface area (Å²) in [5, 5.41) is 10.4. The summed E-state index contributed by atoms with van der Waals surface area (Å²) in [4.78, 5) is 23.5. The van der Waals surface area contributed by atoms with Crippen molar-refractivity contribution < 1.29 is 9.59 Å². The van der Waals surface area contributed by atoms with Crippen molar-refractivity contribution in [3.8, 4) is 5.69 Å². The lowest BCUT2D eigenvalue weighted by Crippen LogP contribution is -2.28. The van der Waals surface area contributed by atoms with E-state index in [9.17, 15) is 9.59 Å². The van der Waals surface area contributed by atoms with Gasteiger partial charge in [-0.25, -0.2) is 4.68 Å². The van der Waals surface area contributed by atoms with Gasteiger partial charge >= 0.3 is 0 Å². The minimum absolute atomic E-state index is 0. The van der Waals surface area contributed by atoms with Gasteiger partial charge in [-0.05, 0) is 56.5 Å². The van der Waals surface area contributed by atoms with Gasteiger partial charge in [-0.15, -0.1) is 12.4 Å². The Morgan fingerprint density at radius 3 is 2.65 bits per heavy atom. The molecule has 7 nitrogen and oxygen atoms in total. The molecule has 0 bridgehead atoms. The van der Waals surface area contributed by atoms with Crippen LogP contribution in [-0.4, -0.2) is 34.7 Å². The van der Waals surface area contributed by atoms with Crippen LogP contribution in [-0.2, 0) is 4.79 Å². The van der Waals surface area contributed by atoms with Crippen molar-refractivity contribution in [2.75, 3.05) is 18.4 Å². The van der Waals surface area contributed by atoms with Crippen LogP contribution in [0.1, 0.15) is 36.2 Å². The number of rotatable bonds is 6.